The predicted octanol–water partition coefficient (Wildman–Crippen LogP) is -0.591. The highest BCUT2D eigenvalue weighted by Crippen LogP contribution is 2.25. The molecule has 1 aromatic rings. The molecule has 5 N–H and O–H groups in total. The highest BCUT2D eigenvalue weighted by Gasteiger charge is 2.27. The largest absolute Gasteiger partial charge is 0.497 e. The number of likely N-dealkylation sites (N-methyl/N-ethyl adjacent to an activating group) is 2. The first kappa shape index (κ1) is 27.4. The van der Waals surface area contributed by atoms with Crippen molar-refractivity contribution in [1.82, 2.24) is 20.9 Å². The molecule has 0 fully saturated rings. The molecule has 1 aromatic carbocycles. The second kappa shape index (κ2) is 13.7. The van der Waals surface area contributed by atoms with E-state index >= 15 is 0 Å². The van der Waals surface area contributed by atoms with Crippen LogP contribution in [0.5, 0.6) is 5.75 Å². The van der Waals surface area contributed by atoms with Crippen LogP contribution in [0, 0.1) is 0 Å². The molecule has 0 saturated heterocycles. The minimum absolute atomic E-state index is 0.00284. The molecule has 0 radical (unpaired) electrons. The van der Waals surface area contributed by atoms with Crippen LogP contribution in [0.25, 0.3) is 0 Å². The van der Waals surface area contributed by atoms with E-state index in [2.05, 4.69) is 21.3 Å². The summed E-state index contributed by atoms with van der Waals surface area (Å²) < 4.78 is 5.18. The number of methoxy groups -OCH3 is 1. The number of carbonyl (C=O) groups excluding carboxylic acids is 4. The number of aliphatic carboxylic acids is 1. The van der Waals surface area contributed by atoms with E-state index in [9.17, 15) is 29.1 Å². The Bertz CT molecular complexity index is 861. The minimum atomic E-state index is -1.18. The number of benzene rings is 1. The van der Waals surface area contributed by atoms with Crippen molar-refractivity contribution in [3.63, 3.8) is 0 Å². The molecule has 2 atom stereocenters. The Morgan fingerprint density at radius 1 is 1.24 bits per heavy atom. The van der Waals surface area contributed by atoms with E-state index in [4.69, 9.17) is 4.74 Å². The summed E-state index contributed by atoms with van der Waals surface area (Å²) in [7, 11) is 4.35. The van der Waals surface area contributed by atoms with Crippen LogP contribution in [0.1, 0.15) is 30.1 Å². The standard InChI is InChI=1S/C21H31N5O7/c1-13(21(31)32)26(3)20(30)15-8-7-14(33-4)10-17(15)25-19(29)16(6-5-9-23-12-27)24-18(28)11-22-2/h7-8,10,12-13,16,22H,5-6,9,11H2,1-4H3,(H,23,27)(H,24,28)(H,25,29)(H,31,32)/t13-,16?/m0/s1. The van der Waals surface area contributed by atoms with Crippen LogP contribution in [0.15, 0.2) is 18.2 Å². The maximum absolute atomic E-state index is 13.0. The van der Waals surface area contributed by atoms with Gasteiger partial charge in [0.15, 0.2) is 0 Å². The lowest BCUT2D eigenvalue weighted by molar-refractivity contribution is -0.141. The first-order chi connectivity index (χ1) is 15.7. The Hall–Kier alpha value is -3.67. The lowest BCUT2D eigenvalue weighted by Crippen LogP contribution is -2.47. The number of carboxylic acids is 1. The molecule has 1 rings (SSSR count). The zero-order chi connectivity index (χ0) is 25.0. The van der Waals surface area contributed by atoms with Gasteiger partial charge in [0.2, 0.25) is 18.2 Å². The van der Waals surface area contributed by atoms with Crippen molar-refractivity contribution in [3.05, 3.63) is 23.8 Å². The molecule has 0 aliphatic heterocycles. The Morgan fingerprint density at radius 2 is 1.94 bits per heavy atom. The molecule has 0 aliphatic carbocycles. The first-order valence-electron chi connectivity index (χ1n) is 10.3. The topological polar surface area (TPSA) is 166 Å². The number of nitrogens with one attached hydrogen (secondary N) is 4. The van der Waals surface area contributed by atoms with E-state index in [0.717, 1.165) is 4.90 Å². The van der Waals surface area contributed by atoms with Gasteiger partial charge in [0, 0.05) is 19.7 Å². The van der Waals surface area contributed by atoms with Crippen LogP contribution in [-0.2, 0) is 19.2 Å². The SMILES string of the molecule is CNCC(=O)NC(CCCNC=O)C(=O)Nc1cc(OC)ccc1C(=O)N(C)[C@@H](C)C(=O)O. The van der Waals surface area contributed by atoms with Gasteiger partial charge in [0.1, 0.15) is 17.8 Å². The minimum Gasteiger partial charge on any atom is -0.497 e. The Morgan fingerprint density at radius 3 is 2.52 bits per heavy atom. The molecule has 4 amide bonds. The summed E-state index contributed by atoms with van der Waals surface area (Å²) in [6.07, 6.45) is 1.18. The third-order valence-electron chi connectivity index (χ3n) is 4.86. The molecule has 0 spiro atoms. The van der Waals surface area contributed by atoms with E-state index < -0.39 is 35.8 Å². The van der Waals surface area contributed by atoms with Crippen LogP contribution in [-0.4, -0.2) is 86.5 Å². The number of rotatable bonds is 14. The van der Waals surface area contributed by atoms with Gasteiger partial charge < -0.3 is 36.0 Å². The van der Waals surface area contributed by atoms with Gasteiger partial charge in [-0.05, 0) is 38.9 Å². The van der Waals surface area contributed by atoms with Gasteiger partial charge in [0.05, 0.1) is 24.9 Å². The van der Waals surface area contributed by atoms with E-state index in [1.54, 1.807) is 7.05 Å². The fourth-order valence-corrected chi connectivity index (χ4v) is 2.83. The smallest absolute Gasteiger partial charge is 0.326 e. The molecule has 1 unspecified atom stereocenters. The van der Waals surface area contributed by atoms with Crippen molar-refractivity contribution in [2.24, 2.45) is 0 Å². The number of carbonyl (C=O) groups is 5. The summed E-state index contributed by atoms with van der Waals surface area (Å²) in [5.41, 5.74) is 0.162. The summed E-state index contributed by atoms with van der Waals surface area (Å²) >= 11 is 0. The average molecular weight is 466 g/mol. The Labute approximate surface area is 192 Å². The molecular formula is C21H31N5O7. The van der Waals surface area contributed by atoms with Gasteiger partial charge in [-0.25, -0.2) is 4.79 Å². The van der Waals surface area contributed by atoms with Crippen molar-refractivity contribution in [1.29, 1.82) is 0 Å². The van der Waals surface area contributed by atoms with Crippen LogP contribution in [0.3, 0.4) is 0 Å². The lowest BCUT2D eigenvalue weighted by Gasteiger charge is -2.24. The Kier molecular flexibility index (Phi) is 11.3. The summed E-state index contributed by atoms with van der Waals surface area (Å²) in [5.74, 6) is -2.42. The third kappa shape index (κ3) is 8.41. The second-order valence-electron chi connectivity index (χ2n) is 7.20. The van der Waals surface area contributed by atoms with Crippen LogP contribution in [0.2, 0.25) is 0 Å². The molecule has 0 heterocycles. The van der Waals surface area contributed by atoms with E-state index in [-0.39, 0.29) is 24.2 Å². The molecule has 33 heavy (non-hydrogen) atoms. The Balaban J connectivity index is 3.17. The maximum Gasteiger partial charge on any atom is 0.326 e. The highest BCUT2D eigenvalue weighted by atomic mass is 16.5. The molecular weight excluding hydrogens is 434 g/mol. The molecule has 182 valence electrons. The van der Waals surface area contributed by atoms with Gasteiger partial charge in [-0.15, -0.1) is 0 Å². The van der Waals surface area contributed by atoms with Crippen LogP contribution in [0.4, 0.5) is 5.69 Å². The maximum atomic E-state index is 13.0. The number of hydrogen-bond donors (Lipinski definition) is 5. The van der Waals surface area contributed by atoms with Crippen molar-refractivity contribution in [2.45, 2.75) is 31.8 Å². The van der Waals surface area contributed by atoms with Gasteiger partial charge >= 0.3 is 5.97 Å². The summed E-state index contributed by atoms with van der Waals surface area (Å²) in [6, 6.07) is 2.33. The monoisotopic (exact) mass is 465 g/mol. The van der Waals surface area contributed by atoms with Crippen molar-refractivity contribution < 1.29 is 33.8 Å². The van der Waals surface area contributed by atoms with Crippen molar-refractivity contribution in [3.8, 4) is 5.75 Å². The van der Waals surface area contributed by atoms with E-state index in [1.165, 1.54) is 39.3 Å². The van der Waals surface area contributed by atoms with Gasteiger partial charge in [-0.2, -0.15) is 0 Å². The van der Waals surface area contributed by atoms with Crippen molar-refractivity contribution >= 4 is 35.8 Å². The normalized spacial score (nSPS) is 12.1. The second-order valence-corrected chi connectivity index (χ2v) is 7.20. The quantitative estimate of drug-likeness (QED) is 0.180. The molecule has 0 aromatic heterocycles. The number of nitrogens with zero attached hydrogens (tertiary/aromatic N) is 1. The average Bonchev–Trinajstić information content (AvgIpc) is 2.79. The lowest BCUT2D eigenvalue weighted by atomic mass is 10.1. The zero-order valence-corrected chi connectivity index (χ0v) is 19.1. The van der Waals surface area contributed by atoms with Crippen LogP contribution >= 0.6 is 0 Å². The summed E-state index contributed by atoms with van der Waals surface area (Å²) in [5, 5.41) is 19.6. The zero-order valence-electron chi connectivity index (χ0n) is 19.1. The van der Waals surface area contributed by atoms with E-state index in [0.29, 0.717) is 25.1 Å². The number of amides is 4. The number of hydrogen-bond acceptors (Lipinski definition) is 7. The van der Waals surface area contributed by atoms with Crippen LogP contribution < -0.4 is 26.0 Å². The number of anilines is 1. The predicted molar refractivity (Wildman–Crippen MR) is 120 cm³/mol. The van der Waals surface area contributed by atoms with Gasteiger partial charge in [0.25, 0.3) is 5.91 Å². The first-order valence-corrected chi connectivity index (χ1v) is 10.3. The molecule has 0 aliphatic rings. The summed E-state index contributed by atoms with van der Waals surface area (Å²) in [4.78, 5) is 60.7. The van der Waals surface area contributed by atoms with Gasteiger partial charge in [-0.3, -0.25) is 19.2 Å². The number of carboxylic acid groups (broad SMARTS) is 1. The third-order valence-corrected chi connectivity index (χ3v) is 4.86. The molecule has 0 bridgehead atoms. The van der Waals surface area contributed by atoms with Gasteiger partial charge in [-0.1, -0.05) is 0 Å². The molecule has 12 nitrogen and oxygen atoms in total. The fourth-order valence-electron chi connectivity index (χ4n) is 2.83. The summed E-state index contributed by atoms with van der Waals surface area (Å²) in [6.45, 7) is 1.68. The molecule has 12 heteroatoms. The fraction of sp³-hybridized carbons (Fsp3) is 0.476. The van der Waals surface area contributed by atoms with E-state index in [1.807, 2.05) is 0 Å². The molecule has 0 saturated carbocycles. The van der Waals surface area contributed by atoms with Crippen molar-refractivity contribution in [2.75, 3.05) is 39.6 Å². The highest BCUT2D eigenvalue weighted by molar-refractivity contribution is 6.06. The number of ether oxygens (including phenoxy) is 1.